The van der Waals surface area contributed by atoms with E-state index in [4.69, 9.17) is 16.3 Å². The maximum Gasteiger partial charge on any atom is 0.141 e. The molecule has 3 heterocycles. The minimum absolute atomic E-state index is 0.0285. The Bertz CT molecular complexity index is 781. The molecule has 1 aromatic rings. The zero-order valence-electron chi connectivity index (χ0n) is 14.5. The number of hydrogen-bond donors (Lipinski definition) is 5. The first-order chi connectivity index (χ1) is 13.4. The SMILES string of the molecule is ONC1=NC=NC2C1C(F)CN2[C@@H]1O[C@H]([C@H](O)c2ccc(Cl)cc2)[C@@H](O)[C@H]1O. The van der Waals surface area contributed by atoms with Crippen LogP contribution in [-0.4, -0.2) is 81.0 Å². The van der Waals surface area contributed by atoms with E-state index >= 15 is 0 Å². The highest BCUT2D eigenvalue weighted by molar-refractivity contribution is 6.30. The van der Waals surface area contributed by atoms with E-state index in [0.717, 1.165) is 0 Å². The molecule has 0 spiro atoms. The molecule has 3 aliphatic rings. The predicted octanol–water partition coefficient (Wildman–Crippen LogP) is -0.165. The van der Waals surface area contributed by atoms with E-state index in [0.29, 0.717) is 10.6 Å². The van der Waals surface area contributed by atoms with Crippen molar-refractivity contribution in [3.05, 3.63) is 34.9 Å². The average Bonchev–Trinajstić information content (AvgIpc) is 3.19. The van der Waals surface area contributed by atoms with Crippen molar-refractivity contribution >= 4 is 23.8 Å². The molecule has 2 fully saturated rings. The first-order valence-electron chi connectivity index (χ1n) is 8.76. The molecule has 2 saturated heterocycles. The summed E-state index contributed by atoms with van der Waals surface area (Å²) in [4.78, 5) is 9.41. The number of fused-ring (bicyclic) bond motifs is 1. The number of halogens is 2. The Morgan fingerprint density at radius 1 is 1.25 bits per heavy atom. The third-order valence-corrected chi connectivity index (χ3v) is 5.66. The van der Waals surface area contributed by atoms with Crippen molar-refractivity contribution in [1.82, 2.24) is 10.4 Å². The third-order valence-electron chi connectivity index (χ3n) is 5.41. The van der Waals surface area contributed by atoms with Crippen molar-refractivity contribution in [3.8, 4) is 0 Å². The quantitative estimate of drug-likeness (QED) is 0.434. The molecule has 1 aromatic carbocycles. The highest BCUT2D eigenvalue weighted by atomic mass is 35.5. The minimum atomic E-state index is -1.42. The summed E-state index contributed by atoms with van der Waals surface area (Å²) in [6, 6.07) is 6.36. The second-order valence-corrected chi connectivity index (χ2v) is 7.45. The molecule has 28 heavy (non-hydrogen) atoms. The molecular formula is C17H20ClFN4O5. The first-order valence-corrected chi connectivity index (χ1v) is 9.14. The van der Waals surface area contributed by atoms with Gasteiger partial charge in [0.15, 0.2) is 0 Å². The van der Waals surface area contributed by atoms with Gasteiger partial charge in [0.25, 0.3) is 0 Å². The number of aliphatic imine (C=N–C) groups is 2. The monoisotopic (exact) mass is 414 g/mol. The second kappa shape index (κ2) is 7.64. The Morgan fingerprint density at radius 3 is 2.64 bits per heavy atom. The van der Waals surface area contributed by atoms with Gasteiger partial charge in [0, 0.05) is 11.6 Å². The fraction of sp³-hybridized carbons (Fsp3) is 0.529. The Balaban J connectivity index is 1.54. The van der Waals surface area contributed by atoms with Crippen molar-refractivity contribution in [3.63, 3.8) is 0 Å². The van der Waals surface area contributed by atoms with Crippen LogP contribution >= 0.6 is 11.6 Å². The van der Waals surface area contributed by atoms with Crippen molar-refractivity contribution in [2.24, 2.45) is 15.9 Å². The molecule has 0 aromatic heterocycles. The van der Waals surface area contributed by atoms with Gasteiger partial charge in [0.05, 0.1) is 5.92 Å². The molecular weight excluding hydrogens is 395 g/mol. The lowest BCUT2D eigenvalue weighted by atomic mass is 9.99. The molecule has 3 aliphatic heterocycles. The lowest BCUT2D eigenvalue weighted by Crippen LogP contribution is -2.49. The number of aliphatic hydroxyl groups excluding tert-OH is 3. The maximum absolute atomic E-state index is 14.6. The number of ether oxygens (including phenoxy) is 1. The second-order valence-electron chi connectivity index (χ2n) is 7.01. The average molecular weight is 415 g/mol. The van der Waals surface area contributed by atoms with Crippen LogP contribution in [0.2, 0.25) is 5.02 Å². The normalized spacial score (nSPS) is 38.9. The number of amidine groups is 1. The highest BCUT2D eigenvalue weighted by Gasteiger charge is 2.55. The van der Waals surface area contributed by atoms with Gasteiger partial charge in [-0.3, -0.25) is 20.6 Å². The summed E-state index contributed by atoms with van der Waals surface area (Å²) in [5.74, 6) is -0.830. The summed E-state index contributed by atoms with van der Waals surface area (Å²) in [6.45, 7) is -0.147. The van der Waals surface area contributed by atoms with Crippen molar-refractivity contribution < 1.29 is 29.7 Å². The molecule has 0 amide bonds. The zero-order valence-corrected chi connectivity index (χ0v) is 15.3. The van der Waals surface area contributed by atoms with Gasteiger partial charge in [0.1, 0.15) is 55.2 Å². The summed E-state index contributed by atoms with van der Waals surface area (Å²) >= 11 is 5.85. The number of nitrogens with one attached hydrogen (secondary N) is 1. The van der Waals surface area contributed by atoms with Crippen LogP contribution in [-0.2, 0) is 4.74 Å². The Kier molecular flexibility index (Phi) is 5.36. The van der Waals surface area contributed by atoms with E-state index in [2.05, 4.69) is 9.98 Å². The van der Waals surface area contributed by atoms with Crippen molar-refractivity contribution in [2.75, 3.05) is 6.54 Å². The zero-order chi connectivity index (χ0) is 20.0. The third kappa shape index (κ3) is 3.20. The van der Waals surface area contributed by atoms with Crippen LogP contribution in [0.15, 0.2) is 34.3 Å². The van der Waals surface area contributed by atoms with Gasteiger partial charge in [-0.15, -0.1) is 0 Å². The van der Waals surface area contributed by atoms with Crippen LogP contribution in [0, 0.1) is 5.92 Å². The molecule has 8 atom stereocenters. The number of likely N-dealkylation sites (tertiary alicyclic amines) is 1. The molecule has 5 N–H and O–H groups in total. The van der Waals surface area contributed by atoms with Gasteiger partial charge < -0.3 is 20.1 Å². The molecule has 4 rings (SSSR count). The number of benzene rings is 1. The molecule has 152 valence electrons. The van der Waals surface area contributed by atoms with Crippen LogP contribution in [0.3, 0.4) is 0 Å². The molecule has 0 saturated carbocycles. The molecule has 9 nitrogen and oxygen atoms in total. The molecule has 0 bridgehead atoms. The fourth-order valence-electron chi connectivity index (χ4n) is 3.98. The van der Waals surface area contributed by atoms with Crippen LogP contribution in [0.4, 0.5) is 4.39 Å². The van der Waals surface area contributed by atoms with E-state index in [1.807, 2.05) is 5.48 Å². The van der Waals surface area contributed by atoms with Gasteiger partial charge in [-0.1, -0.05) is 23.7 Å². The van der Waals surface area contributed by atoms with Gasteiger partial charge in [-0.05, 0) is 17.7 Å². The summed E-state index contributed by atoms with van der Waals surface area (Å²) in [5.41, 5.74) is 2.34. The van der Waals surface area contributed by atoms with Crippen LogP contribution in [0.25, 0.3) is 0 Å². The van der Waals surface area contributed by atoms with Crippen molar-refractivity contribution in [1.29, 1.82) is 0 Å². The van der Waals surface area contributed by atoms with E-state index < -0.39 is 48.9 Å². The number of aliphatic hydroxyl groups is 3. The highest BCUT2D eigenvalue weighted by Crippen LogP contribution is 2.39. The summed E-state index contributed by atoms with van der Waals surface area (Å²) in [6.07, 6.45) is -7.25. The van der Waals surface area contributed by atoms with Crippen LogP contribution in [0.5, 0.6) is 0 Å². The predicted molar refractivity (Wildman–Crippen MR) is 96.8 cm³/mol. The molecule has 3 unspecified atom stereocenters. The Morgan fingerprint density at radius 2 is 1.96 bits per heavy atom. The van der Waals surface area contributed by atoms with Gasteiger partial charge >= 0.3 is 0 Å². The largest absolute Gasteiger partial charge is 0.387 e. The molecule has 0 aliphatic carbocycles. The molecule has 11 heteroatoms. The Hall–Kier alpha value is -1.66. The summed E-state index contributed by atoms with van der Waals surface area (Å²) in [5, 5.41) is 41.2. The number of nitrogens with zero attached hydrogens (tertiary/aromatic N) is 3. The lowest BCUT2D eigenvalue weighted by molar-refractivity contribution is -0.121. The minimum Gasteiger partial charge on any atom is -0.387 e. The standard InChI is InChI=1S/C17H20ClFN4O5/c18-8-3-1-7(2-4-8)11(24)14-12(25)13(26)17(28-14)23-5-9(19)10-15(22-27)20-6-21-16(10)23/h1-4,6,9-14,16-17,24-27H,5H2,(H,20,21,22)/t9?,10?,11-,12+,13-,14-,16?,17-/m1/s1. The molecule has 0 radical (unpaired) electrons. The van der Waals surface area contributed by atoms with Crippen LogP contribution in [0.1, 0.15) is 11.7 Å². The number of rotatable bonds is 3. The van der Waals surface area contributed by atoms with E-state index in [1.54, 1.807) is 24.3 Å². The number of alkyl halides is 1. The van der Waals surface area contributed by atoms with E-state index in [1.165, 1.54) is 11.2 Å². The van der Waals surface area contributed by atoms with Crippen LogP contribution < -0.4 is 5.48 Å². The first kappa shape index (κ1) is 19.6. The van der Waals surface area contributed by atoms with Gasteiger partial charge in [-0.2, -0.15) is 0 Å². The Labute approximate surface area is 164 Å². The summed E-state index contributed by atoms with van der Waals surface area (Å²) in [7, 11) is 0. The maximum atomic E-state index is 14.6. The topological polar surface area (TPSA) is 130 Å². The van der Waals surface area contributed by atoms with Gasteiger partial charge in [0.2, 0.25) is 0 Å². The van der Waals surface area contributed by atoms with E-state index in [-0.39, 0.29) is 12.4 Å². The number of hydroxylamine groups is 1. The van der Waals surface area contributed by atoms with Gasteiger partial charge in [-0.25, -0.2) is 9.38 Å². The lowest BCUT2D eigenvalue weighted by Gasteiger charge is -2.32. The fourth-order valence-corrected chi connectivity index (χ4v) is 4.11. The summed E-state index contributed by atoms with van der Waals surface area (Å²) < 4.78 is 20.3. The smallest absolute Gasteiger partial charge is 0.141 e. The number of hydrogen-bond acceptors (Lipinski definition) is 9. The van der Waals surface area contributed by atoms with Crippen molar-refractivity contribution in [2.45, 2.75) is 43.0 Å². The van der Waals surface area contributed by atoms with E-state index in [9.17, 15) is 24.9 Å².